The van der Waals surface area contributed by atoms with Crippen LogP contribution in [0.3, 0.4) is 0 Å². The van der Waals surface area contributed by atoms with Gasteiger partial charge in [-0.25, -0.2) is 4.79 Å². The number of ether oxygens (including phenoxy) is 1. The molecule has 5 heteroatoms. The summed E-state index contributed by atoms with van der Waals surface area (Å²) < 4.78 is 5.64. The Kier molecular flexibility index (Phi) is 7.93. The quantitative estimate of drug-likeness (QED) is 0.726. The summed E-state index contributed by atoms with van der Waals surface area (Å²) in [6.07, 6.45) is 0. The van der Waals surface area contributed by atoms with Gasteiger partial charge in [-0.2, -0.15) is 0 Å². The minimum Gasteiger partial charge on any atom is -0.465 e. The first-order valence-corrected chi connectivity index (χ1v) is 8.13. The molecule has 0 aliphatic carbocycles. The van der Waals surface area contributed by atoms with Crippen LogP contribution in [-0.2, 0) is 11.3 Å². The Morgan fingerprint density at radius 3 is 2.57 bits per heavy atom. The number of hydrogen-bond donors (Lipinski definition) is 1. The van der Waals surface area contributed by atoms with Gasteiger partial charge in [-0.05, 0) is 37.7 Å². The second kappa shape index (κ2) is 9.18. The molecule has 0 heterocycles. The molecule has 0 fully saturated rings. The van der Waals surface area contributed by atoms with Gasteiger partial charge in [0.25, 0.3) is 0 Å². The van der Waals surface area contributed by atoms with Crippen LogP contribution in [0.4, 0.5) is 0 Å². The van der Waals surface area contributed by atoms with Gasteiger partial charge >= 0.3 is 5.97 Å². The maximum atomic E-state index is 11.5. The molecular formula is C16H25BrN2O2. The highest BCUT2D eigenvalue weighted by Gasteiger charge is 2.10. The van der Waals surface area contributed by atoms with Crippen molar-refractivity contribution < 1.29 is 9.53 Å². The number of nitrogens with zero attached hydrogens (tertiary/aromatic N) is 1. The number of benzene rings is 1. The number of likely N-dealkylation sites (N-methyl/N-ethyl adjacent to an activating group) is 1. The monoisotopic (exact) mass is 356 g/mol. The van der Waals surface area contributed by atoms with Gasteiger partial charge in [0.15, 0.2) is 0 Å². The molecule has 0 saturated carbocycles. The molecule has 1 unspecified atom stereocenters. The van der Waals surface area contributed by atoms with Crippen LogP contribution in [-0.4, -0.2) is 43.7 Å². The summed E-state index contributed by atoms with van der Waals surface area (Å²) in [5.41, 5.74) is 1.69. The predicted molar refractivity (Wildman–Crippen MR) is 89.6 cm³/mol. The highest BCUT2D eigenvalue weighted by molar-refractivity contribution is 9.10. The lowest BCUT2D eigenvalue weighted by molar-refractivity contribution is 0.0600. The van der Waals surface area contributed by atoms with Crippen molar-refractivity contribution in [3.63, 3.8) is 0 Å². The zero-order valence-electron chi connectivity index (χ0n) is 13.3. The molecule has 0 saturated heterocycles. The molecule has 21 heavy (non-hydrogen) atoms. The largest absolute Gasteiger partial charge is 0.465 e. The van der Waals surface area contributed by atoms with E-state index < -0.39 is 0 Å². The SMILES string of the molecule is CCN(CC)CC(C)NCc1ccc(C(=O)OC)cc1Br. The van der Waals surface area contributed by atoms with Crippen LogP contribution >= 0.6 is 15.9 Å². The molecule has 0 aromatic heterocycles. The third kappa shape index (κ3) is 5.77. The third-order valence-corrected chi connectivity index (χ3v) is 4.28. The van der Waals surface area contributed by atoms with E-state index in [-0.39, 0.29) is 5.97 Å². The molecule has 0 aliphatic rings. The predicted octanol–water partition coefficient (Wildman–Crippen LogP) is 3.06. The van der Waals surface area contributed by atoms with Crippen LogP contribution in [0.1, 0.15) is 36.7 Å². The summed E-state index contributed by atoms with van der Waals surface area (Å²) >= 11 is 3.51. The van der Waals surface area contributed by atoms with E-state index in [1.807, 2.05) is 6.07 Å². The molecule has 1 atom stereocenters. The van der Waals surface area contributed by atoms with E-state index in [4.69, 9.17) is 4.74 Å². The molecule has 0 radical (unpaired) electrons. The minimum atomic E-state index is -0.315. The average molecular weight is 357 g/mol. The van der Waals surface area contributed by atoms with Gasteiger partial charge in [0.1, 0.15) is 0 Å². The highest BCUT2D eigenvalue weighted by Crippen LogP contribution is 2.19. The average Bonchev–Trinajstić information content (AvgIpc) is 2.50. The van der Waals surface area contributed by atoms with E-state index in [0.717, 1.165) is 36.2 Å². The van der Waals surface area contributed by atoms with Gasteiger partial charge in [-0.15, -0.1) is 0 Å². The number of hydrogen-bond acceptors (Lipinski definition) is 4. The smallest absolute Gasteiger partial charge is 0.337 e. The fourth-order valence-electron chi connectivity index (χ4n) is 2.15. The molecular weight excluding hydrogens is 332 g/mol. The van der Waals surface area contributed by atoms with E-state index in [1.54, 1.807) is 12.1 Å². The molecule has 4 nitrogen and oxygen atoms in total. The first-order valence-electron chi connectivity index (χ1n) is 7.34. The maximum absolute atomic E-state index is 11.5. The molecule has 1 aromatic carbocycles. The van der Waals surface area contributed by atoms with E-state index in [0.29, 0.717) is 11.6 Å². The standard InChI is InChI=1S/C16H25BrN2O2/c1-5-19(6-2)11-12(3)18-10-14-8-7-13(9-15(14)17)16(20)21-4/h7-9,12,18H,5-6,10-11H2,1-4H3. The summed E-state index contributed by atoms with van der Waals surface area (Å²) in [6.45, 7) is 10.5. The van der Waals surface area contributed by atoms with Gasteiger partial charge in [0, 0.05) is 23.6 Å². The number of carbonyl (C=O) groups is 1. The molecule has 1 rings (SSSR count). The van der Waals surface area contributed by atoms with E-state index in [2.05, 4.69) is 46.9 Å². The number of rotatable bonds is 8. The van der Waals surface area contributed by atoms with Gasteiger partial charge in [0.05, 0.1) is 12.7 Å². The summed E-state index contributed by atoms with van der Waals surface area (Å²) in [4.78, 5) is 13.9. The van der Waals surface area contributed by atoms with Crippen LogP contribution in [0.5, 0.6) is 0 Å². The zero-order valence-corrected chi connectivity index (χ0v) is 14.9. The topological polar surface area (TPSA) is 41.6 Å². The number of methoxy groups -OCH3 is 1. The second-order valence-corrected chi connectivity index (χ2v) is 5.92. The molecule has 118 valence electrons. The van der Waals surface area contributed by atoms with Gasteiger partial charge < -0.3 is 15.0 Å². The first-order chi connectivity index (χ1) is 10.0. The van der Waals surface area contributed by atoms with Gasteiger partial charge in [-0.3, -0.25) is 0 Å². The summed E-state index contributed by atoms with van der Waals surface area (Å²) in [5, 5.41) is 3.51. The lowest BCUT2D eigenvalue weighted by Crippen LogP contribution is -2.38. The molecule has 0 amide bonds. The molecule has 0 aliphatic heterocycles. The van der Waals surface area contributed by atoms with Crippen molar-refractivity contribution in [1.29, 1.82) is 0 Å². The maximum Gasteiger partial charge on any atom is 0.337 e. The first kappa shape index (κ1) is 18.1. The second-order valence-electron chi connectivity index (χ2n) is 5.07. The molecule has 0 spiro atoms. The Morgan fingerprint density at radius 1 is 1.38 bits per heavy atom. The van der Waals surface area contributed by atoms with Crippen molar-refractivity contribution in [2.24, 2.45) is 0 Å². The van der Waals surface area contributed by atoms with Crippen molar-refractivity contribution >= 4 is 21.9 Å². The van der Waals surface area contributed by atoms with E-state index in [9.17, 15) is 4.79 Å². The number of halogens is 1. The van der Waals surface area contributed by atoms with Crippen LogP contribution in [0.2, 0.25) is 0 Å². The molecule has 1 aromatic rings. The summed E-state index contributed by atoms with van der Waals surface area (Å²) in [5.74, 6) is -0.315. The van der Waals surface area contributed by atoms with Crippen LogP contribution in [0.15, 0.2) is 22.7 Å². The molecule has 1 N–H and O–H groups in total. The Labute approximate surface area is 136 Å². The Balaban J connectivity index is 2.57. The van der Waals surface area contributed by atoms with Crippen molar-refractivity contribution in [2.75, 3.05) is 26.7 Å². The fraction of sp³-hybridized carbons (Fsp3) is 0.562. The lowest BCUT2D eigenvalue weighted by atomic mass is 10.1. The normalized spacial score (nSPS) is 12.5. The van der Waals surface area contributed by atoms with Crippen LogP contribution in [0.25, 0.3) is 0 Å². The fourth-order valence-corrected chi connectivity index (χ4v) is 2.67. The number of nitrogens with one attached hydrogen (secondary N) is 1. The van der Waals surface area contributed by atoms with Gasteiger partial charge in [0.2, 0.25) is 0 Å². The van der Waals surface area contributed by atoms with Crippen molar-refractivity contribution in [2.45, 2.75) is 33.4 Å². The van der Waals surface area contributed by atoms with Crippen LogP contribution in [0, 0.1) is 0 Å². The summed E-state index contributed by atoms with van der Waals surface area (Å²) in [6, 6.07) is 5.96. The summed E-state index contributed by atoms with van der Waals surface area (Å²) in [7, 11) is 1.39. The van der Waals surface area contributed by atoms with Crippen molar-refractivity contribution in [3.8, 4) is 0 Å². The minimum absolute atomic E-state index is 0.315. The Morgan fingerprint density at radius 2 is 2.05 bits per heavy atom. The third-order valence-electron chi connectivity index (χ3n) is 3.54. The van der Waals surface area contributed by atoms with Crippen molar-refractivity contribution in [3.05, 3.63) is 33.8 Å². The van der Waals surface area contributed by atoms with Crippen molar-refractivity contribution in [1.82, 2.24) is 10.2 Å². The van der Waals surface area contributed by atoms with Crippen LogP contribution < -0.4 is 5.32 Å². The zero-order chi connectivity index (χ0) is 15.8. The molecule has 0 bridgehead atoms. The Hall–Kier alpha value is -0.910. The van der Waals surface area contributed by atoms with E-state index >= 15 is 0 Å². The number of carbonyl (C=O) groups excluding carboxylic acids is 1. The lowest BCUT2D eigenvalue weighted by Gasteiger charge is -2.23. The Bertz CT molecular complexity index is 462. The highest BCUT2D eigenvalue weighted by atomic mass is 79.9. The van der Waals surface area contributed by atoms with E-state index in [1.165, 1.54) is 7.11 Å². The number of esters is 1. The van der Waals surface area contributed by atoms with Gasteiger partial charge in [-0.1, -0.05) is 35.8 Å².